The number of nitrogens with zero attached hydrogens (tertiary/aromatic N) is 3. The van der Waals surface area contributed by atoms with E-state index in [1.807, 2.05) is 7.05 Å². The second-order valence-corrected chi connectivity index (χ2v) is 4.96. The Labute approximate surface area is 116 Å². The van der Waals surface area contributed by atoms with Crippen LogP contribution in [0.4, 0.5) is 11.5 Å². The molecule has 0 saturated carbocycles. The number of nitro groups is 1. The zero-order valence-corrected chi connectivity index (χ0v) is 11.2. The molecule has 1 amide bonds. The second-order valence-electron chi connectivity index (χ2n) is 4.96. The molecule has 1 saturated heterocycles. The lowest BCUT2D eigenvalue weighted by atomic mass is 10.1. The Morgan fingerprint density at radius 1 is 1.65 bits per heavy atom. The summed E-state index contributed by atoms with van der Waals surface area (Å²) in [4.78, 5) is 28.2. The summed E-state index contributed by atoms with van der Waals surface area (Å²) in [5.41, 5.74) is 5.12. The van der Waals surface area contributed by atoms with Crippen molar-refractivity contribution in [2.45, 2.75) is 18.9 Å². The molecular formula is C12H17N5O3. The molecule has 1 aliphatic rings. The molecule has 1 aromatic rings. The van der Waals surface area contributed by atoms with Crippen LogP contribution in [0.3, 0.4) is 0 Å². The van der Waals surface area contributed by atoms with Crippen molar-refractivity contribution >= 4 is 17.4 Å². The van der Waals surface area contributed by atoms with Crippen LogP contribution in [0.25, 0.3) is 0 Å². The first kappa shape index (κ1) is 14.2. The van der Waals surface area contributed by atoms with E-state index in [1.54, 1.807) is 0 Å². The van der Waals surface area contributed by atoms with Crippen LogP contribution in [0.5, 0.6) is 0 Å². The molecule has 0 radical (unpaired) electrons. The van der Waals surface area contributed by atoms with E-state index in [0.29, 0.717) is 0 Å². The minimum Gasteiger partial charge on any atom is -0.384 e. The summed E-state index contributed by atoms with van der Waals surface area (Å²) >= 11 is 0. The van der Waals surface area contributed by atoms with E-state index < -0.39 is 10.8 Å². The maximum atomic E-state index is 12.2. The van der Waals surface area contributed by atoms with E-state index in [9.17, 15) is 14.9 Å². The van der Waals surface area contributed by atoms with E-state index in [0.717, 1.165) is 32.1 Å². The van der Waals surface area contributed by atoms with Gasteiger partial charge in [0.1, 0.15) is 17.6 Å². The molecule has 0 spiro atoms. The number of likely N-dealkylation sites (tertiary alicyclic amines) is 1. The number of nitrogen functional groups attached to an aromatic ring is 1. The predicted molar refractivity (Wildman–Crippen MR) is 73.3 cm³/mol. The molecule has 0 aliphatic carbocycles. The third-order valence-electron chi connectivity index (χ3n) is 3.31. The highest BCUT2D eigenvalue weighted by Gasteiger charge is 2.25. The first-order valence-electron chi connectivity index (χ1n) is 6.36. The van der Waals surface area contributed by atoms with Crippen molar-refractivity contribution in [1.82, 2.24) is 15.2 Å². The fourth-order valence-corrected chi connectivity index (χ4v) is 2.34. The summed E-state index contributed by atoms with van der Waals surface area (Å²) in [7, 11) is 1.98. The van der Waals surface area contributed by atoms with Gasteiger partial charge in [0.2, 0.25) is 0 Å². The smallest absolute Gasteiger partial charge is 0.300 e. The molecule has 1 aromatic heterocycles. The summed E-state index contributed by atoms with van der Waals surface area (Å²) in [6, 6.07) is 1.23. The van der Waals surface area contributed by atoms with Gasteiger partial charge in [-0.3, -0.25) is 14.9 Å². The largest absolute Gasteiger partial charge is 0.384 e. The van der Waals surface area contributed by atoms with Crippen LogP contribution in [0.1, 0.15) is 23.2 Å². The number of piperidine rings is 1. The number of hydrogen-bond acceptors (Lipinski definition) is 6. The maximum absolute atomic E-state index is 12.2. The van der Waals surface area contributed by atoms with Crippen molar-refractivity contribution < 1.29 is 9.72 Å². The van der Waals surface area contributed by atoms with Crippen LogP contribution >= 0.6 is 0 Å². The number of rotatable bonds is 3. The third-order valence-corrected chi connectivity index (χ3v) is 3.31. The molecule has 2 heterocycles. The molecule has 0 aromatic carbocycles. The maximum Gasteiger partial charge on any atom is 0.300 e. The van der Waals surface area contributed by atoms with E-state index in [1.165, 1.54) is 6.07 Å². The Morgan fingerprint density at radius 3 is 3.05 bits per heavy atom. The Hall–Kier alpha value is -2.22. The summed E-state index contributed by atoms with van der Waals surface area (Å²) in [6.07, 6.45) is 2.86. The Bertz CT molecular complexity index is 534. The molecule has 8 nitrogen and oxygen atoms in total. The van der Waals surface area contributed by atoms with E-state index >= 15 is 0 Å². The van der Waals surface area contributed by atoms with Gasteiger partial charge in [0.15, 0.2) is 0 Å². The molecule has 1 unspecified atom stereocenters. The molecule has 1 fully saturated rings. The minimum absolute atomic E-state index is 0.00440. The Balaban J connectivity index is 2.16. The molecule has 8 heteroatoms. The van der Waals surface area contributed by atoms with Gasteiger partial charge in [-0.15, -0.1) is 0 Å². The van der Waals surface area contributed by atoms with E-state index in [4.69, 9.17) is 5.73 Å². The van der Waals surface area contributed by atoms with E-state index in [2.05, 4.69) is 15.2 Å². The topological polar surface area (TPSA) is 114 Å². The number of nitrogens with one attached hydrogen (secondary N) is 1. The van der Waals surface area contributed by atoms with Gasteiger partial charge in [-0.05, 0) is 32.5 Å². The summed E-state index contributed by atoms with van der Waals surface area (Å²) in [6.45, 7) is 1.73. The quantitative estimate of drug-likeness (QED) is 0.611. The number of carbonyl (C=O) groups is 1. The molecule has 0 bridgehead atoms. The standard InChI is InChI=1S/C12H17N5O3/c1-16-4-2-3-8(7-16)15-12(18)9-5-11(13)14-6-10(9)17(19)20/h5-6,8H,2-4,7H2,1H3,(H2,13,14)(H,15,18). The average molecular weight is 279 g/mol. The first-order chi connectivity index (χ1) is 9.47. The lowest BCUT2D eigenvalue weighted by Gasteiger charge is -2.30. The molecule has 20 heavy (non-hydrogen) atoms. The molecule has 108 valence electrons. The summed E-state index contributed by atoms with van der Waals surface area (Å²) < 4.78 is 0. The Morgan fingerprint density at radius 2 is 2.40 bits per heavy atom. The van der Waals surface area contributed by atoms with Crippen molar-refractivity contribution in [3.8, 4) is 0 Å². The average Bonchev–Trinajstić information content (AvgIpc) is 2.38. The van der Waals surface area contributed by atoms with Crippen molar-refractivity contribution in [3.05, 3.63) is 27.9 Å². The number of nitrogens with two attached hydrogens (primary N) is 1. The van der Waals surface area contributed by atoms with Crippen LogP contribution in [-0.2, 0) is 0 Å². The lowest BCUT2D eigenvalue weighted by molar-refractivity contribution is -0.385. The number of amides is 1. The number of aromatic nitrogens is 1. The third kappa shape index (κ3) is 3.21. The summed E-state index contributed by atoms with van der Waals surface area (Å²) in [5, 5.41) is 13.7. The first-order valence-corrected chi connectivity index (χ1v) is 6.36. The molecular weight excluding hydrogens is 262 g/mol. The Kier molecular flexibility index (Phi) is 4.14. The SMILES string of the molecule is CN1CCCC(NC(=O)c2cc(N)ncc2[N+](=O)[O-])C1. The van der Waals surface area contributed by atoms with Crippen molar-refractivity contribution in [3.63, 3.8) is 0 Å². The van der Waals surface area contributed by atoms with Crippen molar-refractivity contribution in [1.29, 1.82) is 0 Å². The molecule has 1 atom stereocenters. The van der Waals surface area contributed by atoms with Crippen LogP contribution < -0.4 is 11.1 Å². The number of likely N-dealkylation sites (N-methyl/N-ethyl adjacent to an activating group) is 1. The van der Waals surface area contributed by atoms with E-state index in [-0.39, 0.29) is 23.1 Å². The van der Waals surface area contributed by atoms with Crippen LogP contribution in [0, 0.1) is 10.1 Å². The second kappa shape index (κ2) is 5.83. The van der Waals surface area contributed by atoms with Gasteiger partial charge in [0.25, 0.3) is 11.6 Å². The summed E-state index contributed by atoms with van der Waals surface area (Å²) in [5.74, 6) is -0.396. The zero-order valence-electron chi connectivity index (χ0n) is 11.2. The molecule has 2 rings (SSSR count). The highest BCUT2D eigenvalue weighted by Crippen LogP contribution is 2.19. The highest BCUT2D eigenvalue weighted by atomic mass is 16.6. The van der Waals surface area contributed by atoms with Gasteiger partial charge >= 0.3 is 0 Å². The number of carbonyl (C=O) groups excluding carboxylic acids is 1. The molecule has 1 aliphatic heterocycles. The van der Waals surface area contributed by atoms with Crippen molar-refractivity contribution in [2.24, 2.45) is 0 Å². The molecule has 3 N–H and O–H groups in total. The fourth-order valence-electron chi connectivity index (χ4n) is 2.34. The number of pyridine rings is 1. The number of hydrogen-bond donors (Lipinski definition) is 2. The normalized spacial score (nSPS) is 19.6. The minimum atomic E-state index is -0.631. The van der Waals surface area contributed by atoms with Crippen LogP contribution in [-0.4, -0.2) is 46.9 Å². The zero-order chi connectivity index (χ0) is 14.7. The van der Waals surface area contributed by atoms with Gasteiger partial charge in [-0.2, -0.15) is 0 Å². The van der Waals surface area contributed by atoms with Gasteiger partial charge < -0.3 is 16.0 Å². The van der Waals surface area contributed by atoms with Gasteiger partial charge in [0.05, 0.1) is 4.92 Å². The van der Waals surface area contributed by atoms with Crippen LogP contribution in [0.15, 0.2) is 12.3 Å². The predicted octanol–water partition coefficient (Wildman–Crippen LogP) is 0.396. The van der Waals surface area contributed by atoms with Crippen molar-refractivity contribution in [2.75, 3.05) is 25.9 Å². The monoisotopic (exact) mass is 279 g/mol. The van der Waals surface area contributed by atoms with Gasteiger partial charge in [-0.1, -0.05) is 0 Å². The van der Waals surface area contributed by atoms with Gasteiger partial charge in [0, 0.05) is 12.6 Å². The highest BCUT2D eigenvalue weighted by molar-refractivity contribution is 5.98. The van der Waals surface area contributed by atoms with Gasteiger partial charge in [-0.25, -0.2) is 4.98 Å². The lowest BCUT2D eigenvalue weighted by Crippen LogP contribution is -2.46. The van der Waals surface area contributed by atoms with Crippen LogP contribution in [0.2, 0.25) is 0 Å². The number of anilines is 1. The fraction of sp³-hybridized carbons (Fsp3) is 0.500.